The Labute approximate surface area is 118 Å². The van der Waals surface area contributed by atoms with Crippen LogP contribution in [-0.4, -0.2) is 16.9 Å². The number of hydrogen-bond donors (Lipinski definition) is 2. The zero-order valence-corrected chi connectivity index (χ0v) is 12.3. The number of benzene rings is 1. The fraction of sp³-hybridized carbons (Fsp3) is 0.500. The van der Waals surface area contributed by atoms with Gasteiger partial charge in [0.2, 0.25) is 5.91 Å². The molecule has 0 bridgehead atoms. The molecule has 1 aromatic carbocycles. The first kappa shape index (κ1) is 16.1. The van der Waals surface area contributed by atoms with E-state index in [1.54, 1.807) is 19.1 Å². The molecule has 1 amide bonds. The summed E-state index contributed by atoms with van der Waals surface area (Å²) in [6, 6.07) is 4.29. The molecule has 0 aliphatic rings. The van der Waals surface area contributed by atoms with Crippen molar-refractivity contribution in [1.29, 1.82) is 0 Å². The second kappa shape index (κ2) is 6.00. The molecule has 0 fully saturated rings. The van der Waals surface area contributed by atoms with Gasteiger partial charge in [0.15, 0.2) is 0 Å². The number of hydrogen-bond acceptors (Lipinski definition) is 4. The van der Waals surface area contributed by atoms with E-state index in [0.29, 0.717) is 0 Å². The second-order valence-corrected chi connectivity index (χ2v) is 6.00. The summed E-state index contributed by atoms with van der Waals surface area (Å²) < 4.78 is 0. The molecule has 0 radical (unpaired) electrons. The van der Waals surface area contributed by atoms with Crippen LogP contribution in [0.5, 0.6) is 0 Å². The van der Waals surface area contributed by atoms with Gasteiger partial charge in [-0.05, 0) is 24.0 Å². The first-order chi connectivity index (χ1) is 9.11. The number of nitro benzene ring substituents is 1. The van der Waals surface area contributed by atoms with Gasteiger partial charge in [0.25, 0.3) is 5.69 Å². The normalized spacial score (nSPS) is 12.8. The predicted molar refractivity (Wildman–Crippen MR) is 78.5 cm³/mol. The Morgan fingerprint density at radius 2 is 2.05 bits per heavy atom. The van der Waals surface area contributed by atoms with Gasteiger partial charge in [0, 0.05) is 18.5 Å². The zero-order valence-electron chi connectivity index (χ0n) is 12.3. The number of carbonyl (C=O) groups is 1. The number of carbonyl (C=O) groups excluding carboxylic acids is 1. The van der Waals surface area contributed by atoms with Gasteiger partial charge in [0.05, 0.1) is 4.92 Å². The zero-order chi connectivity index (χ0) is 15.5. The molecule has 3 N–H and O–H groups in total. The number of rotatable bonds is 4. The quantitative estimate of drug-likeness (QED) is 0.653. The fourth-order valence-electron chi connectivity index (χ4n) is 1.62. The second-order valence-electron chi connectivity index (χ2n) is 6.00. The number of nitrogens with two attached hydrogens (primary N) is 1. The molecule has 20 heavy (non-hydrogen) atoms. The lowest BCUT2D eigenvalue weighted by atomic mass is 9.85. The summed E-state index contributed by atoms with van der Waals surface area (Å²) in [7, 11) is 0. The smallest absolute Gasteiger partial charge is 0.292 e. The standard InChI is InChI=1S/C14H21N3O3/c1-9-5-6-11(17(19)20)10(7-9)16-13(18)8-12(15)14(2,3)4/h5-7,12H,8,15H2,1-4H3,(H,16,18). The predicted octanol–water partition coefficient (Wildman–Crippen LogP) is 2.61. The van der Waals surface area contributed by atoms with E-state index in [0.717, 1.165) is 5.56 Å². The third-order valence-electron chi connectivity index (χ3n) is 3.14. The summed E-state index contributed by atoms with van der Waals surface area (Å²) in [5.41, 5.74) is 6.67. The molecule has 0 aromatic heterocycles. The number of amides is 1. The monoisotopic (exact) mass is 279 g/mol. The van der Waals surface area contributed by atoms with Gasteiger partial charge in [-0.25, -0.2) is 0 Å². The summed E-state index contributed by atoms with van der Waals surface area (Å²) >= 11 is 0. The number of nitrogens with zero attached hydrogens (tertiary/aromatic N) is 1. The van der Waals surface area contributed by atoms with Crippen molar-refractivity contribution in [2.45, 2.75) is 40.2 Å². The molecular weight excluding hydrogens is 258 g/mol. The molecule has 0 aliphatic carbocycles. The Morgan fingerprint density at radius 3 is 2.55 bits per heavy atom. The van der Waals surface area contributed by atoms with Crippen LogP contribution < -0.4 is 11.1 Å². The van der Waals surface area contributed by atoms with Crippen LogP contribution >= 0.6 is 0 Å². The van der Waals surface area contributed by atoms with Crippen LogP contribution in [0.4, 0.5) is 11.4 Å². The first-order valence-corrected chi connectivity index (χ1v) is 6.41. The molecule has 0 heterocycles. The third kappa shape index (κ3) is 4.31. The van der Waals surface area contributed by atoms with Gasteiger partial charge in [-0.1, -0.05) is 26.8 Å². The molecular formula is C14H21N3O3. The minimum atomic E-state index is -0.515. The average molecular weight is 279 g/mol. The van der Waals surface area contributed by atoms with E-state index < -0.39 is 4.92 Å². The molecule has 110 valence electrons. The molecule has 1 atom stereocenters. The first-order valence-electron chi connectivity index (χ1n) is 6.41. The summed E-state index contributed by atoms with van der Waals surface area (Å²) in [5, 5.41) is 13.5. The van der Waals surface area contributed by atoms with Crippen molar-refractivity contribution >= 4 is 17.3 Å². The van der Waals surface area contributed by atoms with E-state index in [4.69, 9.17) is 5.73 Å². The minimum Gasteiger partial charge on any atom is -0.327 e. The molecule has 1 rings (SSSR count). The van der Waals surface area contributed by atoms with E-state index in [1.807, 2.05) is 20.8 Å². The molecule has 6 nitrogen and oxygen atoms in total. The maximum atomic E-state index is 11.9. The van der Waals surface area contributed by atoms with Crippen molar-refractivity contribution in [1.82, 2.24) is 0 Å². The molecule has 1 unspecified atom stereocenters. The number of nitrogens with one attached hydrogen (secondary N) is 1. The van der Waals surface area contributed by atoms with E-state index in [9.17, 15) is 14.9 Å². The molecule has 0 saturated heterocycles. The lowest BCUT2D eigenvalue weighted by Crippen LogP contribution is -2.38. The molecule has 6 heteroatoms. The fourth-order valence-corrected chi connectivity index (χ4v) is 1.62. The average Bonchev–Trinajstić information content (AvgIpc) is 2.26. The minimum absolute atomic E-state index is 0.117. The Bertz CT molecular complexity index is 521. The lowest BCUT2D eigenvalue weighted by molar-refractivity contribution is -0.383. The van der Waals surface area contributed by atoms with Crippen molar-refractivity contribution in [2.75, 3.05) is 5.32 Å². The largest absolute Gasteiger partial charge is 0.327 e. The highest BCUT2D eigenvalue weighted by atomic mass is 16.6. The van der Waals surface area contributed by atoms with Crippen LogP contribution in [0.2, 0.25) is 0 Å². The van der Waals surface area contributed by atoms with Crippen LogP contribution in [0.1, 0.15) is 32.8 Å². The van der Waals surface area contributed by atoms with Gasteiger partial charge < -0.3 is 11.1 Å². The maximum absolute atomic E-state index is 11.9. The highest BCUT2D eigenvalue weighted by molar-refractivity contribution is 5.93. The number of anilines is 1. The third-order valence-corrected chi connectivity index (χ3v) is 3.14. The van der Waals surface area contributed by atoms with Crippen molar-refractivity contribution in [2.24, 2.45) is 11.1 Å². The Balaban J connectivity index is 2.86. The molecule has 0 spiro atoms. The van der Waals surface area contributed by atoms with E-state index in [1.165, 1.54) is 6.07 Å². The molecule has 0 aliphatic heterocycles. The lowest BCUT2D eigenvalue weighted by Gasteiger charge is -2.26. The van der Waals surface area contributed by atoms with E-state index >= 15 is 0 Å². The SMILES string of the molecule is Cc1ccc([N+](=O)[O-])c(NC(=O)CC(N)C(C)(C)C)c1. The van der Waals surface area contributed by atoms with Crippen LogP contribution in [-0.2, 0) is 4.79 Å². The van der Waals surface area contributed by atoms with Gasteiger partial charge in [-0.3, -0.25) is 14.9 Å². The van der Waals surface area contributed by atoms with E-state index in [2.05, 4.69) is 5.32 Å². The molecule has 1 aromatic rings. The number of nitro groups is 1. The van der Waals surface area contributed by atoms with Crippen LogP contribution in [0.25, 0.3) is 0 Å². The summed E-state index contributed by atoms with van der Waals surface area (Å²) in [4.78, 5) is 22.4. The van der Waals surface area contributed by atoms with Crippen LogP contribution in [0.3, 0.4) is 0 Å². The number of aryl methyl sites for hydroxylation is 1. The van der Waals surface area contributed by atoms with Crippen molar-refractivity contribution < 1.29 is 9.72 Å². The summed E-state index contributed by atoms with van der Waals surface area (Å²) in [6.07, 6.45) is 0.120. The van der Waals surface area contributed by atoms with Crippen molar-refractivity contribution in [3.8, 4) is 0 Å². The Hall–Kier alpha value is -1.95. The summed E-state index contributed by atoms with van der Waals surface area (Å²) in [6.45, 7) is 7.64. The van der Waals surface area contributed by atoms with Gasteiger partial charge >= 0.3 is 0 Å². The van der Waals surface area contributed by atoms with Crippen LogP contribution in [0.15, 0.2) is 18.2 Å². The van der Waals surface area contributed by atoms with Crippen molar-refractivity contribution in [3.63, 3.8) is 0 Å². The van der Waals surface area contributed by atoms with E-state index in [-0.39, 0.29) is 35.2 Å². The van der Waals surface area contributed by atoms with Gasteiger partial charge in [0.1, 0.15) is 5.69 Å². The Morgan fingerprint density at radius 1 is 1.45 bits per heavy atom. The Kier molecular flexibility index (Phi) is 4.83. The van der Waals surface area contributed by atoms with Gasteiger partial charge in [-0.15, -0.1) is 0 Å². The van der Waals surface area contributed by atoms with Crippen LogP contribution in [0, 0.1) is 22.5 Å². The molecule has 0 saturated carbocycles. The topological polar surface area (TPSA) is 98.3 Å². The highest BCUT2D eigenvalue weighted by Gasteiger charge is 2.24. The maximum Gasteiger partial charge on any atom is 0.292 e. The van der Waals surface area contributed by atoms with Gasteiger partial charge in [-0.2, -0.15) is 0 Å². The highest BCUT2D eigenvalue weighted by Crippen LogP contribution is 2.26. The van der Waals surface area contributed by atoms with Crippen molar-refractivity contribution in [3.05, 3.63) is 33.9 Å². The summed E-state index contributed by atoms with van der Waals surface area (Å²) in [5.74, 6) is -0.318.